The first-order valence-electron chi connectivity index (χ1n) is 8.61. The molecule has 1 amide bonds. The maximum atomic E-state index is 13.7. The van der Waals surface area contributed by atoms with Crippen molar-refractivity contribution in [3.05, 3.63) is 29.6 Å². The third-order valence-electron chi connectivity index (χ3n) is 4.87. The highest BCUT2D eigenvalue weighted by molar-refractivity contribution is 5.81. The number of β-amino-alcohol motifs (C(OH)–C–C–N with tert-alkyl or cyclic N) is 1. The lowest BCUT2D eigenvalue weighted by atomic mass is 10.0. The van der Waals surface area contributed by atoms with Crippen LogP contribution in [0.3, 0.4) is 0 Å². The molecule has 0 radical (unpaired) electrons. The van der Waals surface area contributed by atoms with Gasteiger partial charge in [0, 0.05) is 31.6 Å². The van der Waals surface area contributed by atoms with Crippen LogP contribution in [0.15, 0.2) is 18.2 Å². The Labute approximate surface area is 141 Å². The predicted octanol–water partition coefficient (Wildman–Crippen LogP) is 1.86. The number of methoxy groups -OCH3 is 1. The third-order valence-corrected chi connectivity index (χ3v) is 4.87. The fourth-order valence-electron chi connectivity index (χ4n) is 3.16. The second kappa shape index (κ2) is 7.49. The van der Waals surface area contributed by atoms with Crippen molar-refractivity contribution < 1.29 is 19.0 Å². The van der Waals surface area contributed by atoms with E-state index in [1.165, 1.54) is 19.2 Å². The van der Waals surface area contributed by atoms with Gasteiger partial charge < -0.3 is 20.1 Å². The van der Waals surface area contributed by atoms with Gasteiger partial charge in [0.2, 0.25) is 5.91 Å². The number of nitrogens with one attached hydrogen (secondary N) is 1. The first-order chi connectivity index (χ1) is 11.6. The number of likely N-dealkylation sites (tertiary alicyclic amines) is 1. The molecule has 1 heterocycles. The lowest BCUT2D eigenvalue weighted by molar-refractivity contribution is -0.123. The fraction of sp³-hybridized carbons (Fsp3) is 0.611. The Bertz CT molecular complexity index is 584. The summed E-state index contributed by atoms with van der Waals surface area (Å²) in [6.45, 7) is 2.12. The van der Waals surface area contributed by atoms with E-state index in [-0.39, 0.29) is 23.6 Å². The van der Waals surface area contributed by atoms with Gasteiger partial charge in [-0.05, 0) is 43.4 Å². The Hall–Kier alpha value is -1.66. The molecule has 1 aromatic rings. The number of hydrogen-bond donors (Lipinski definition) is 2. The van der Waals surface area contributed by atoms with Gasteiger partial charge >= 0.3 is 0 Å². The van der Waals surface area contributed by atoms with Gasteiger partial charge in [-0.15, -0.1) is 0 Å². The van der Waals surface area contributed by atoms with Gasteiger partial charge in [0.25, 0.3) is 0 Å². The Morgan fingerprint density at radius 2 is 2.08 bits per heavy atom. The highest BCUT2D eigenvalue weighted by Gasteiger charge is 2.32. The average molecular weight is 336 g/mol. The van der Waals surface area contributed by atoms with Crippen molar-refractivity contribution in [3.8, 4) is 5.75 Å². The molecule has 3 rings (SSSR count). The number of rotatable bonds is 6. The van der Waals surface area contributed by atoms with Crippen LogP contribution in [-0.2, 0) is 4.79 Å². The Morgan fingerprint density at radius 1 is 1.38 bits per heavy atom. The molecule has 2 N–H and O–H groups in total. The van der Waals surface area contributed by atoms with E-state index in [0.29, 0.717) is 12.1 Å². The average Bonchev–Trinajstić information content (AvgIpc) is 3.41. The monoisotopic (exact) mass is 336 g/mol. The first-order valence-corrected chi connectivity index (χ1v) is 8.61. The standard InChI is InChI=1S/C18H25FN2O3/c1-24-17-5-4-13(10-15(17)19)16(22)11-21-8-6-14(7-9-21)20-18(23)12-2-3-12/h4-5,10,12,14,16,22H,2-3,6-9,11H2,1H3,(H,20,23)/t16-/m0/s1. The molecule has 2 aliphatic rings. The van der Waals surface area contributed by atoms with Crippen LogP contribution >= 0.6 is 0 Å². The topological polar surface area (TPSA) is 61.8 Å². The van der Waals surface area contributed by atoms with Crippen molar-refractivity contribution in [3.63, 3.8) is 0 Å². The molecule has 24 heavy (non-hydrogen) atoms. The summed E-state index contributed by atoms with van der Waals surface area (Å²) in [7, 11) is 1.42. The van der Waals surface area contributed by atoms with Gasteiger partial charge in [0.1, 0.15) is 0 Å². The molecular formula is C18H25FN2O3. The van der Waals surface area contributed by atoms with Crippen LogP contribution in [0.4, 0.5) is 4.39 Å². The van der Waals surface area contributed by atoms with E-state index >= 15 is 0 Å². The molecule has 2 fully saturated rings. The summed E-state index contributed by atoms with van der Waals surface area (Å²) >= 11 is 0. The zero-order chi connectivity index (χ0) is 17.1. The minimum absolute atomic E-state index is 0.179. The maximum absolute atomic E-state index is 13.7. The lowest BCUT2D eigenvalue weighted by Gasteiger charge is -2.33. The zero-order valence-corrected chi connectivity index (χ0v) is 14.0. The quantitative estimate of drug-likeness (QED) is 0.832. The minimum atomic E-state index is -0.733. The van der Waals surface area contributed by atoms with Crippen molar-refractivity contribution in [2.45, 2.75) is 37.8 Å². The molecule has 1 saturated carbocycles. The number of ether oxygens (including phenoxy) is 1. The molecule has 1 saturated heterocycles. The summed E-state index contributed by atoms with van der Waals surface area (Å²) in [4.78, 5) is 14.0. The van der Waals surface area contributed by atoms with E-state index in [4.69, 9.17) is 4.74 Å². The highest BCUT2D eigenvalue weighted by atomic mass is 19.1. The Morgan fingerprint density at radius 3 is 2.67 bits per heavy atom. The van der Waals surface area contributed by atoms with E-state index in [1.807, 2.05) is 0 Å². The van der Waals surface area contributed by atoms with Crippen LogP contribution in [0.1, 0.15) is 37.4 Å². The van der Waals surface area contributed by atoms with Crippen LogP contribution in [-0.4, -0.2) is 48.7 Å². The van der Waals surface area contributed by atoms with Gasteiger partial charge in [-0.2, -0.15) is 0 Å². The molecule has 0 bridgehead atoms. The second-order valence-corrected chi connectivity index (χ2v) is 6.77. The molecule has 1 aliphatic heterocycles. The molecule has 0 aromatic heterocycles. The van der Waals surface area contributed by atoms with E-state index in [1.54, 1.807) is 6.07 Å². The van der Waals surface area contributed by atoms with Crippen LogP contribution < -0.4 is 10.1 Å². The number of hydrogen-bond acceptors (Lipinski definition) is 4. The first kappa shape index (κ1) is 17.2. The summed E-state index contributed by atoms with van der Waals surface area (Å²) in [5.41, 5.74) is 0.553. The molecule has 6 heteroatoms. The number of piperidine rings is 1. The molecule has 132 valence electrons. The second-order valence-electron chi connectivity index (χ2n) is 6.77. The summed E-state index contributed by atoms with van der Waals surface area (Å²) in [5, 5.41) is 13.4. The van der Waals surface area contributed by atoms with Gasteiger partial charge in [0.15, 0.2) is 11.6 Å². The summed E-state index contributed by atoms with van der Waals surface area (Å²) in [5.74, 6) is 0.158. The van der Waals surface area contributed by atoms with E-state index in [0.717, 1.165) is 38.8 Å². The van der Waals surface area contributed by atoms with Gasteiger partial charge in [-0.25, -0.2) is 4.39 Å². The summed E-state index contributed by atoms with van der Waals surface area (Å²) in [6.07, 6.45) is 3.09. The van der Waals surface area contributed by atoms with E-state index < -0.39 is 11.9 Å². The number of aliphatic hydroxyl groups is 1. The van der Waals surface area contributed by atoms with Crippen molar-refractivity contribution >= 4 is 5.91 Å². The van der Waals surface area contributed by atoms with Crippen molar-refractivity contribution in [1.82, 2.24) is 10.2 Å². The number of amides is 1. The van der Waals surface area contributed by atoms with Crippen molar-refractivity contribution in [1.29, 1.82) is 0 Å². The maximum Gasteiger partial charge on any atom is 0.223 e. The highest BCUT2D eigenvalue weighted by Crippen LogP contribution is 2.29. The largest absolute Gasteiger partial charge is 0.494 e. The number of halogens is 1. The summed E-state index contributed by atoms with van der Waals surface area (Å²) in [6, 6.07) is 4.79. The molecule has 1 aliphatic carbocycles. The molecule has 0 spiro atoms. The Balaban J connectivity index is 1.46. The van der Waals surface area contributed by atoms with E-state index in [9.17, 15) is 14.3 Å². The van der Waals surface area contributed by atoms with Crippen molar-refractivity contribution in [2.24, 2.45) is 5.92 Å². The van der Waals surface area contributed by atoms with Crippen LogP contribution in [0.25, 0.3) is 0 Å². The van der Waals surface area contributed by atoms with Gasteiger partial charge in [-0.1, -0.05) is 6.07 Å². The van der Waals surface area contributed by atoms with Crippen molar-refractivity contribution in [2.75, 3.05) is 26.7 Å². The molecule has 1 atom stereocenters. The number of nitrogens with zero attached hydrogens (tertiary/aromatic N) is 1. The van der Waals surface area contributed by atoms with Gasteiger partial charge in [-0.3, -0.25) is 4.79 Å². The number of carbonyl (C=O) groups excluding carboxylic acids is 1. The zero-order valence-electron chi connectivity index (χ0n) is 14.0. The fourth-order valence-corrected chi connectivity index (χ4v) is 3.16. The minimum Gasteiger partial charge on any atom is -0.494 e. The normalized spacial score (nSPS) is 20.6. The predicted molar refractivity (Wildman–Crippen MR) is 88.2 cm³/mol. The molecule has 1 aromatic carbocycles. The smallest absolute Gasteiger partial charge is 0.223 e. The number of aliphatic hydroxyl groups excluding tert-OH is 1. The summed E-state index contributed by atoms with van der Waals surface area (Å²) < 4.78 is 18.6. The Kier molecular flexibility index (Phi) is 5.36. The SMILES string of the molecule is COc1ccc([C@@H](O)CN2CCC(NC(=O)C3CC3)CC2)cc1F. The molecule has 0 unspecified atom stereocenters. The van der Waals surface area contributed by atoms with Crippen LogP contribution in [0.2, 0.25) is 0 Å². The number of carbonyl (C=O) groups is 1. The molecular weight excluding hydrogens is 311 g/mol. The van der Waals surface area contributed by atoms with Crippen LogP contribution in [0, 0.1) is 11.7 Å². The van der Waals surface area contributed by atoms with Gasteiger partial charge in [0.05, 0.1) is 13.2 Å². The lowest BCUT2D eigenvalue weighted by Crippen LogP contribution is -2.46. The molecule has 5 nitrogen and oxygen atoms in total. The number of benzene rings is 1. The third kappa shape index (κ3) is 4.24. The van der Waals surface area contributed by atoms with Crippen LogP contribution in [0.5, 0.6) is 5.75 Å². The van der Waals surface area contributed by atoms with E-state index in [2.05, 4.69) is 10.2 Å².